The maximum atomic E-state index is 11.1. The van der Waals surface area contributed by atoms with E-state index in [1.54, 1.807) is 0 Å². The average molecular weight is 282 g/mol. The highest BCUT2D eigenvalue weighted by atomic mass is 16.5. The van der Waals surface area contributed by atoms with Gasteiger partial charge >= 0.3 is 0 Å². The molecular formula is C18H34O2. The molecule has 0 amide bonds. The van der Waals surface area contributed by atoms with Crippen molar-refractivity contribution in [1.82, 2.24) is 0 Å². The summed E-state index contributed by atoms with van der Waals surface area (Å²) < 4.78 is 6.17. The zero-order valence-corrected chi connectivity index (χ0v) is 13.8. The normalized spacial score (nSPS) is 28.8. The lowest BCUT2D eigenvalue weighted by atomic mass is 9.66. The van der Waals surface area contributed by atoms with Crippen LogP contribution in [0.2, 0.25) is 0 Å². The van der Waals surface area contributed by atoms with Crippen LogP contribution in [0.5, 0.6) is 0 Å². The van der Waals surface area contributed by atoms with E-state index in [4.69, 9.17) is 4.74 Å². The molecule has 0 saturated heterocycles. The van der Waals surface area contributed by atoms with Gasteiger partial charge in [0.25, 0.3) is 0 Å². The minimum absolute atomic E-state index is 0.251. The second-order valence-corrected chi connectivity index (χ2v) is 7.86. The standard InChI is InChI=1S/C18H34O2/c1-4-20-18(13-11-17(2,3)12-14-18)16(19)15-9-7-5-6-8-10-15/h15-16,19H,4-14H2,1-3H3. The molecule has 0 aromatic carbocycles. The topological polar surface area (TPSA) is 29.5 Å². The van der Waals surface area contributed by atoms with E-state index in [2.05, 4.69) is 20.8 Å². The van der Waals surface area contributed by atoms with Crippen LogP contribution in [0.25, 0.3) is 0 Å². The number of hydrogen-bond acceptors (Lipinski definition) is 2. The van der Waals surface area contributed by atoms with Crippen LogP contribution in [-0.2, 0) is 4.74 Å². The summed E-state index contributed by atoms with van der Waals surface area (Å²) in [5, 5.41) is 11.1. The third kappa shape index (κ3) is 3.76. The van der Waals surface area contributed by atoms with Gasteiger partial charge < -0.3 is 9.84 Å². The van der Waals surface area contributed by atoms with Crippen LogP contribution in [0, 0.1) is 11.3 Å². The summed E-state index contributed by atoms with van der Waals surface area (Å²) in [4.78, 5) is 0. The van der Waals surface area contributed by atoms with Gasteiger partial charge in [-0.05, 0) is 56.8 Å². The average Bonchev–Trinajstić information content (AvgIpc) is 2.70. The number of ether oxygens (including phenoxy) is 1. The monoisotopic (exact) mass is 282 g/mol. The van der Waals surface area contributed by atoms with E-state index in [1.165, 1.54) is 51.4 Å². The minimum Gasteiger partial charge on any atom is -0.390 e. The third-order valence-electron chi connectivity index (χ3n) is 5.77. The smallest absolute Gasteiger partial charge is 0.0943 e. The Labute approximate surface area is 125 Å². The molecule has 0 bridgehead atoms. The van der Waals surface area contributed by atoms with Crippen LogP contribution in [0.1, 0.15) is 85.0 Å². The predicted octanol–water partition coefficient (Wildman–Crippen LogP) is 4.69. The summed E-state index contributed by atoms with van der Waals surface area (Å²) in [5.74, 6) is 0.463. The van der Waals surface area contributed by atoms with Gasteiger partial charge in [-0.2, -0.15) is 0 Å². The molecule has 20 heavy (non-hydrogen) atoms. The Morgan fingerprint density at radius 3 is 2.05 bits per heavy atom. The number of aliphatic hydroxyl groups is 1. The first-order valence-corrected chi connectivity index (χ1v) is 8.81. The maximum Gasteiger partial charge on any atom is 0.0943 e. The lowest BCUT2D eigenvalue weighted by Gasteiger charge is -2.47. The molecule has 1 N–H and O–H groups in total. The summed E-state index contributed by atoms with van der Waals surface area (Å²) in [7, 11) is 0. The van der Waals surface area contributed by atoms with E-state index < -0.39 is 0 Å². The SMILES string of the molecule is CCOC1(C(O)C2CCCCCC2)CCC(C)(C)CC1. The molecule has 2 aliphatic carbocycles. The molecule has 118 valence electrons. The first-order chi connectivity index (χ1) is 9.49. The van der Waals surface area contributed by atoms with Crippen LogP contribution in [0.3, 0.4) is 0 Å². The van der Waals surface area contributed by atoms with Crippen LogP contribution in [0.4, 0.5) is 0 Å². The van der Waals surface area contributed by atoms with Gasteiger partial charge in [0.2, 0.25) is 0 Å². The lowest BCUT2D eigenvalue weighted by molar-refractivity contribution is -0.168. The molecule has 2 aliphatic rings. The molecule has 1 unspecified atom stereocenters. The highest BCUT2D eigenvalue weighted by Gasteiger charge is 2.46. The van der Waals surface area contributed by atoms with Gasteiger partial charge in [-0.15, -0.1) is 0 Å². The van der Waals surface area contributed by atoms with Gasteiger partial charge in [-0.3, -0.25) is 0 Å². The Morgan fingerprint density at radius 1 is 1.00 bits per heavy atom. The summed E-state index contributed by atoms with van der Waals surface area (Å²) in [6.07, 6.45) is 11.8. The van der Waals surface area contributed by atoms with Gasteiger partial charge in [0.15, 0.2) is 0 Å². The van der Waals surface area contributed by atoms with Crippen LogP contribution in [0.15, 0.2) is 0 Å². The highest BCUT2D eigenvalue weighted by Crippen LogP contribution is 2.46. The summed E-state index contributed by atoms with van der Waals surface area (Å²) in [6.45, 7) is 7.49. The Kier molecular flexibility index (Phi) is 5.53. The van der Waals surface area contributed by atoms with E-state index in [0.29, 0.717) is 11.3 Å². The second-order valence-electron chi connectivity index (χ2n) is 7.86. The van der Waals surface area contributed by atoms with Gasteiger partial charge in [0.05, 0.1) is 11.7 Å². The van der Waals surface area contributed by atoms with Gasteiger partial charge in [0.1, 0.15) is 0 Å². The molecule has 0 spiro atoms. The highest BCUT2D eigenvalue weighted by molar-refractivity contribution is 4.98. The van der Waals surface area contributed by atoms with Crippen molar-refractivity contribution in [1.29, 1.82) is 0 Å². The van der Waals surface area contributed by atoms with Crippen molar-refractivity contribution in [2.24, 2.45) is 11.3 Å². The van der Waals surface area contributed by atoms with Crippen molar-refractivity contribution in [3.8, 4) is 0 Å². The van der Waals surface area contributed by atoms with Crippen molar-refractivity contribution in [2.45, 2.75) is 96.7 Å². The maximum absolute atomic E-state index is 11.1. The molecule has 0 aromatic rings. The minimum atomic E-state index is -0.253. The van der Waals surface area contributed by atoms with E-state index in [-0.39, 0.29) is 11.7 Å². The van der Waals surface area contributed by atoms with E-state index in [9.17, 15) is 5.11 Å². The van der Waals surface area contributed by atoms with Gasteiger partial charge in [-0.25, -0.2) is 0 Å². The van der Waals surface area contributed by atoms with Gasteiger partial charge in [-0.1, -0.05) is 39.5 Å². The Hall–Kier alpha value is -0.0800. The summed E-state index contributed by atoms with van der Waals surface area (Å²) >= 11 is 0. The number of rotatable bonds is 4. The zero-order chi connectivity index (χ0) is 14.6. The number of aliphatic hydroxyl groups excluding tert-OH is 1. The second kappa shape index (κ2) is 6.79. The molecule has 0 radical (unpaired) electrons. The van der Waals surface area contributed by atoms with Crippen molar-refractivity contribution >= 4 is 0 Å². The Morgan fingerprint density at radius 2 is 1.55 bits per heavy atom. The van der Waals surface area contributed by atoms with Gasteiger partial charge in [0, 0.05) is 6.61 Å². The van der Waals surface area contributed by atoms with Crippen molar-refractivity contribution < 1.29 is 9.84 Å². The van der Waals surface area contributed by atoms with Crippen LogP contribution < -0.4 is 0 Å². The molecule has 2 nitrogen and oxygen atoms in total. The Bertz CT molecular complexity index is 280. The van der Waals surface area contributed by atoms with Crippen molar-refractivity contribution in [3.63, 3.8) is 0 Å². The molecule has 0 aliphatic heterocycles. The van der Waals surface area contributed by atoms with E-state index in [1.807, 2.05) is 0 Å². The molecular weight excluding hydrogens is 248 g/mol. The van der Waals surface area contributed by atoms with Crippen LogP contribution in [-0.4, -0.2) is 23.4 Å². The molecule has 2 rings (SSSR count). The quantitative estimate of drug-likeness (QED) is 0.758. The first kappa shape index (κ1) is 16.3. The lowest BCUT2D eigenvalue weighted by Crippen LogP contribution is -2.52. The van der Waals surface area contributed by atoms with Crippen LogP contribution >= 0.6 is 0 Å². The molecule has 0 heterocycles. The fourth-order valence-corrected chi connectivity index (χ4v) is 4.22. The number of hydrogen-bond donors (Lipinski definition) is 1. The fourth-order valence-electron chi connectivity index (χ4n) is 4.22. The first-order valence-electron chi connectivity index (χ1n) is 8.81. The fraction of sp³-hybridized carbons (Fsp3) is 1.00. The van der Waals surface area contributed by atoms with E-state index in [0.717, 1.165) is 19.4 Å². The summed E-state index contributed by atoms with van der Waals surface area (Å²) in [5.41, 5.74) is 0.170. The Balaban J connectivity index is 2.06. The third-order valence-corrected chi connectivity index (χ3v) is 5.77. The zero-order valence-electron chi connectivity index (χ0n) is 13.8. The molecule has 2 heteroatoms. The predicted molar refractivity (Wildman–Crippen MR) is 83.8 cm³/mol. The van der Waals surface area contributed by atoms with Crippen molar-refractivity contribution in [2.75, 3.05) is 6.61 Å². The molecule has 2 saturated carbocycles. The molecule has 0 aromatic heterocycles. The van der Waals surface area contributed by atoms with Crippen molar-refractivity contribution in [3.05, 3.63) is 0 Å². The van der Waals surface area contributed by atoms with E-state index >= 15 is 0 Å². The molecule has 1 atom stereocenters. The molecule has 2 fully saturated rings. The largest absolute Gasteiger partial charge is 0.390 e. The summed E-state index contributed by atoms with van der Waals surface area (Å²) in [6, 6.07) is 0.